The molecule has 0 fully saturated rings. The highest BCUT2D eigenvalue weighted by molar-refractivity contribution is 6.05. The number of hydrogen-bond acceptors (Lipinski definition) is 2. The molecule has 0 spiro atoms. The Bertz CT molecular complexity index is 419. The molecular weight excluding hydrogens is 224 g/mol. The van der Waals surface area contributed by atoms with Crippen molar-refractivity contribution in [3.63, 3.8) is 0 Å². The second kappa shape index (κ2) is 7.69. The fourth-order valence-corrected chi connectivity index (χ4v) is 1.62. The minimum atomic E-state index is -0.995. The van der Waals surface area contributed by atoms with Gasteiger partial charge in [-0.15, -0.1) is 17.6 Å². The number of ketones is 2. The van der Waals surface area contributed by atoms with Crippen molar-refractivity contribution in [2.45, 2.75) is 53.9 Å². The van der Waals surface area contributed by atoms with Crippen molar-refractivity contribution in [1.82, 2.24) is 0 Å². The molecule has 0 aromatic carbocycles. The Morgan fingerprint density at radius 3 is 2.00 bits per heavy atom. The lowest BCUT2D eigenvalue weighted by molar-refractivity contribution is -0.137. The molecule has 0 bridgehead atoms. The van der Waals surface area contributed by atoms with Crippen LogP contribution in [-0.4, -0.2) is 11.6 Å². The van der Waals surface area contributed by atoms with Gasteiger partial charge in [0.15, 0.2) is 0 Å². The van der Waals surface area contributed by atoms with Gasteiger partial charge in [-0.05, 0) is 45.8 Å². The minimum absolute atomic E-state index is 0.118. The fraction of sp³-hybridized carbons (Fsp3) is 0.562. The van der Waals surface area contributed by atoms with E-state index in [9.17, 15) is 9.59 Å². The Morgan fingerprint density at radius 2 is 1.61 bits per heavy atom. The van der Waals surface area contributed by atoms with Crippen LogP contribution in [0.5, 0.6) is 0 Å². The minimum Gasteiger partial charge on any atom is -0.299 e. The van der Waals surface area contributed by atoms with Gasteiger partial charge in [0.05, 0.1) is 0 Å². The molecular formula is C16H22O2. The molecule has 0 N–H and O–H groups in total. The summed E-state index contributed by atoms with van der Waals surface area (Å²) in [5.74, 6) is 5.61. The summed E-state index contributed by atoms with van der Waals surface area (Å²) in [4.78, 5) is 23.7. The third-order valence-corrected chi connectivity index (χ3v) is 2.88. The fourth-order valence-electron chi connectivity index (χ4n) is 1.62. The van der Waals surface area contributed by atoms with Crippen LogP contribution in [0, 0.1) is 17.3 Å². The Hall–Kier alpha value is -1.58. The zero-order valence-electron chi connectivity index (χ0n) is 12.0. The summed E-state index contributed by atoms with van der Waals surface area (Å²) in [6.45, 7) is 8.73. The molecule has 0 atom stereocenters. The van der Waals surface area contributed by atoms with E-state index in [1.165, 1.54) is 13.8 Å². The quantitative estimate of drug-likeness (QED) is 0.423. The predicted octanol–water partition coefficient (Wildman–Crippen LogP) is 3.47. The lowest BCUT2D eigenvalue weighted by Gasteiger charge is -2.24. The van der Waals surface area contributed by atoms with Crippen molar-refractivity contribution in [2.24, 2.45) is 5.41 Å². The molecule has 0 unspecified atom stereocenters. The van der Waals surface area contributed by atoms with Crippen molar-refractivity contribution in [2.75, 3.05) is 0 Å². The number of hydrogen-bond donors (Lipinski definition) is 0. The van der Waals surface area contributed by atoms with Crippen molar-refractivity contribution >= 4 is 11.6 Å². The summed E-state index contributed by atoms with van der Waals surface area (Å²) >= 11 is 0. The van der Waals surface area contributed by atoms with E-state index in [1.54, 1.807) is 6.08 Å². The SMILES string of the molecule is CCC#CCC(CC=C=C(C)C)(C(C)=O)C(C)=O. The maximum Gasteiger partial charge on any atom is 0.144 e. The van der Waals surface area contributed by atoms with Gasteiger partial charge in [0.2, 0.25) is 0 Å². The standard InChI is InChI=1S/C16H22O2/c1-6-7-8-11-16(14(4)17,15(5)18)12-9-10-13(2)3/h9H,6,11-12H2,1-5H3. The van der Waals surface area contributed by atoms with Crippen molar-refractivity contribution < 1.29 is 9.59 Å². The van der Waals surface area contributed by atoms with E-state index in [4.69, 9.17) is 0 Å². The van der Waals surface area contributed by atoms with Gasteiger partial charge in [0.1, 0.15) is 17.0 Å². The first-order valence-electron chi connectivity index (χ1n) is 6.23. The highest BCUT2D eigenvalue weighted by Gasteiger charge is 2.38. The van der Waals surface area contributed by atoms with Crippen molar-refractivity contribution in [3.05, 3.63) is 17.4 Å². The molecule has 0 amide bonds. The van der Waals surface area contributed by atoms with Crippen LogP contribution < -0.4 is 0 Å². The summed E-state index contributed by atoms with van der Waals surface area (Å²) in [6.07, 6.45) is 3.18. The average molecular weight is 246 g/mol. The van der Waals surface area contributed by atoms with E-state index in [0.717, 1.165) is 12.0 Å². The van der Waals surface area contributed by atoms with Crippen LogP contribution in [0.25, 0.3) is 0 Å². The Balaban J connectivity index is 5.30. The van der Waals surface area contributed by atoms with Crippen LogP contribution in [0.1, 0.15) is 53.9 Å². The molecule has 0 aliphatic carbocycles. The molecule has 0 radical (unpaired) electrons. The summed E-state index contributed by atoms with van der Waals surface area (Å²) in [7, 11) is 0. The zero-order chi connectivity index (χ0) is 14.2. The van der Waals surface area contributed by atoms with Crippen LogP contribution in [-0.2, 0) is 9.59 Å². The molecule has 0 heterocycles. The highest BCUT2D eigenvalue weighted by Crippen LogP contribution is 2.29. The first-order valence-corrected chi connectivity index (χ1v) is 6.23. The molecule has 18 heavy (non-hydrogen) atoms. The number of carbonyl (C=O) groups is 2. The first kappa shape index (κ1) is 16.4. The van der Waals surface area contributed by atoms with Gasteiger partial charge in [-0.2, -0.15) is 0 Å². The molecule has 0 saturated heterocycles. The molecule has 0 aromatic rings. The lowest BCUT2D eigenvalue weighted by Crippen LogP contribution is -2.35. The molecule has 2 heteroatoms. The van der Waals surface area contributed by atoms with Crippen LogP contribution in [0.4, 0.5) is 0 Å². The molecule has 0 aliphatic heterocycles. The maximum atomic E-state index is 11.8. The molecule has 2 nitrogen and oxygen atoms in total. The van der Waals surface area contributed by atoms with Gasteiger partial charge in [-0.1, -0.05) is 6.92 Å². The zero-order valence-corrected chi connectivity index (χ0v) is 12.0. The molecule has 0 aromatic heterocycles. The van der Waals surface area contributed by atoms with Gasteiger partial charge in [-0.25, -0.2) is 0 Å². The number of Topliss-reactive ketones (excluding diaryl/α,β-unsaturated/α-hetero) is 2. The number of rotatable bonds is 5. The van der Waals surface area contributed by atoms with Gasteiger partial charge < -0.3 is 0 Å². The smallest absolute Gasteiger partial charge is 0.144 e. The van der Waals surface area contributed by atoms with E-state index in [1.807, 2.05) is 20.8 Å². The highest BCUT2D eigenvalue weighted by atomic mass is 16.2. The largest absolute Gasteiger partial charge is 0.299 e. The van der Waals surface area contributed by atoms with Crippen LogP contribution in [0.15, 0.2) is 17.4 Å². The summed E-state index contributed by atoms with van der Waals surface area (Å²) in [5.41, 5.74) is 3.07. The number of allylic oxidation sites excluding steroid dienone is 1. The Labute approximate surface area is 110 Å². The second-order valence-corrected chi connectivity index (χ2v) is 4.63. The molecule has 0 saturated carbocycles. The van der Waals surface area contributed by atoms with E-state index in [2.05, 4.69) is 17.6 Å². The third-order valence-electron chi connectivity index (χ3n) is 2.88. The maximum absolute atomic E-state index is 11.8. The lowest BCUT2D eigenvalue weighted by atomic mass is 9.74. The van der Waals surface area contributed by atoms with Crippen molar-refractivity contribution in [1.29, 1.82) is 0 Å². The third kappa shape index (κ3) is 4.73. The van der Waals surface area contributed by atoms with E-state index in [0.29, 0.717) is 12.8 Å². The van der Waals surface area contributed by atoms with Gasteiger partial charge in [0.25, 0.3) is 0 Å². The second-order valence-electron chi connectivity index (χ2n) is 4.63. The normalized spacial score (nSPS) is 9.83. The monoisotopic (exact) mass is 246 g/mol. The summed E-state index contributed by atoms with van der Waals surface area (Å²) < 4.78 is 0. The van der Waals surface area contributed by atoms with Gasteiger partial charge >= 0.3 is 0 Å². The van der Waals surface area contributed by atoms with Crippen molar-refractivity contribution in [3.8, 4) is 11.8 Å². The van der Waals surface area contributed by atoms with Gasteiger partial charge in [0, 0.05) is 12.8 Å². The van der Waals surface area contributed by atoms with Crippen LogP contribution in [0.3, 0.4) is 0 Å². The van der Waals surface area contributed by atoms with E-state index >= 15 is 0 Å². The average Bonchev–Trinajstić information content (AvgIpc) is 2.25. The molecule has 0 rings (SSSR count). The Morgan fingerprint density at radius 1 is 1.06 bits per heavy atom. The van der Waals surface area contributed by atoms with E-state index < -0.39 is 5.41 Å². The number of carbonyl (C=O) groups excluding carboxylic acids is 2. The molecule has 98 valence electrons. The van der Waals surface area contributed by atoms with Crippen LogP contribution >= 0.6 is 0 Å². The van der Waals surface area contributed by atoms with Gasteiger partial charge in [-0.3, -0.25) is 9.59 Å². The summed E-state index contributed by atoms with van der Waals surface area (Å²) in [5, 5.41) is 0. The Kier molecular flexibility index (Phi) is 7.01. The predicted molar refractivity (Wildman–Crippen MR) is 74.0 cm³/mol. The van der Waals surface area contributed by atoms with E-state index in [-0.39, 0.29) is 11.6 Å². The summed E-state index contributed by atoms with van der Waals surface area (Å²) in [6, 6.07) is 0. The van der Waals surface area contributed by atoms with Crippen LogP contribution in [0.2, 0.25) is 0 Å². The molecule has 0 aliphatic rings. The first-order chi connectivity index (χ1) is 8.36. The topological polar surface area (TPSA) is 34.1 Å².